The van der Waals surface area contributed by atoms with Gasteiger partial charge in [0.2, 0.25) is 11.8 Å². The molecule has 3 rings (SSSR count). The number of nitrogens with zero attached hydrogens (tertiary/aromatic N) is 3. The second kappa shape index (κ2) is 9.08. The first-order valence-corrected chi connectivity index (χ1v) is 9.58. The van der Waals surface area contributed by atoms with E-state index >= 15 is 0 Å². The lowest BCUT2D eigenvalue weighted by Gasteiger charge is -2.30. The number of rotatable bonds is 7. The van der Waals surface area contributed by atoms with Crippen LogP contribution in [-0.2, 0) is 11.2 Å². The first-order chi connectivity index (χ1) is 13.0. The highest BCUT2D eigenvalue weighted by Gasteiger charge is 2.27. The highest BCUT2D eigenvalue weighted by atomic mass is 19.1. The first kappa shape index (κ1) is 19.5. The van der Waals surface area contributed by atoms with E-state index in [1.807, 2.05) is 13.8 Å². The van der Waals surface area contributed by atoms with Gasteiger partial charge < -0.3 is 9.84 Å². The Kier molecular flexibility index (Phi) is 6.55. The molecule has 0 aliphatic carbocycles. The normalized spacial score (nSPS) is 18.0. The molecule has 1 saturated heterocycles. The maximum Gasteiger partial charge on any atom is 0.234 e. The van der Waals surface area contributed by atoms with E-state index in [-0.39, 0.29) is 23.6 Å². The van der Waals surface area contributed by atoms with Crippen molar-refractivity contribution in [3.63, 3.8) is 0 Å². The van der Waals surface area contributed by atoms with Gasteiger partial charge in [-0.2, -0.15) is 4.98 Å². The van der Waals surface area contributed by atoms with E-state index in [2.05, 4.69) is 20.4 Å². The molecule has 0 radical (unpaired) electrons. The van der Waals surface area contributed by atoms with Crippen LogP contribution in [0.4, 0.5) is 4.39 Å². The molecule has 146 valence electrons. The van der Waals surface area contributed by atoms with Crippen molar-refractivity contribution in [1.29, 1.82) is 0 Å². The zero-order chi connectivity index (χ0) is 19.2. The fourth-order valence-electron chi connectivity index (χ4n) is 3.30. The molecule has 1 atom stereocenters. The molecular formula is C20H27FN4O2. The molecule has 27 heavy (non-hydrogen) atoms. The van der Waals surface area contributed by atoms with Crippen molar-refractivity contribution >= 4 is 5.91 Å². The Balaban J connectivity index is 1.43. The van der Waals surface area contributed by atoms with E-state index in [1.165, 1.54) is 12.1 Å². The average molecular weight is 374 g/mol. The Morgan fingerprint density at radius 3 is 2.85 bits per heavy atom. The second-order valence-electron chi connectivity index (χ2n) is 7.45. The molecular weight excluding hydrogens is 347 g/mol. The SMILES string of the molecule is CC(C)c1noc([C@@H]2CCCN(CC(=O)NCCc3ccc(F)cc3)C2)n1. The fourth-order valence-corrected chi connectivity index (χ4v) is 3.30. The molecule has 1 aromatic carbocycles. The van der Waals surface area contributed by atoms with Gasteiger partial charge in [-0.25, -0.2) is 4.39 Å². The first-order valence-electron chi connectivity index (χ1n) is 9.58. The summed E-state index contributed by atoms with van der Waals surface area (Å²) in [5.74, 6) is 1.61. The maximum absolute atomic E-state index is 12.9. The fraction of sp³-hybridized carbons (Fsp3) is 0.550. The van der Waals surface area contributed by atoms with Gasteiger partial charge in [-0.15, -0.1) is 0 Å². The number of carbonyl (C=O) groups is 1. The number of nitrogens with one attached hydrogen (secondary N) is 1. The second-order valence-corrected chi connectivity index (χ2v) is 7.45. The predicted octanol–water partition coefficient (Wildman–Crippen LogP) is 2.87. The number of likely N-dealkylation sites (tertiary alicyclic amines) is 1. The predicted molar refractivity (Wildman–Crippen MR) is 99.9 cm³/mol. The summed E-state index contributed by atoms with van der Waals surface area (Å²) in [6.07, 6.45) is 2.70. The minimum atomic E-state index is -0.246. The summed E-state index contributed by atoms with van der Waals surface area (Å²) in [7, 11) is 0. The van der Waals surface area contributed by atoms with Crippen LogP contribution < -0.4 is 5.32 Å². The third kappa shape index (κ3) is 5.60. The van der Waals surface area contributed by atoms with E-state index in [9.17, 15) is 9.18 Å². The number of hydrogen-bond acceptors (Lipinski definition) is 5. The third-order valence-electron chi connectivity index (χ3n) is 4.84. The van der Waals surface area contributed by atoms with Gasteiger partial charge in [0, 0.05) is 19.0 Å². The molecule has 1 aliphatic rings. The smallest absolute Gasteiger partial charge is 0.234 e. The van der Waals surface area contributed by atoms with Crippen LogP contribution >= 0.6 is 0 Å². The van der Waals surface area contributed by atoms with Crippen molar-refractivity contribution in [2.45, 2.75) is 44.9 Å². The summed E-state index contributed by atoms with van der Waals surface area (Å²) in [6, 6.07) is 6.36. The van der Waals surface area contributed by atoms with Crippen LogP contribution in [0.3, 0.4) is 0 Å². The molecule has 1 fully saturated rings. The molecule has 0 unspecified atom stereocenters. The van der Waals surface area contributed by atoms with Gasteiger partial charge in [-0.1, -0.05) is 31.1 Å². The topological polar surface area (TPSA) is 71.3 Å². The number of piperidine rings is 1. The van der Waals surface area contributed by atoms with Crippen molar-refractivity contribution in [3.8, 4) is 0 Å². The summed E-state index contributed by atoms with van der Waals surface area (Å²) in [6.45, 7) is 6.64. The van der Waals surface area contributed by atoms with Gasteiger partial charge >= 0.3 is 0 Å². The minimum Gasteiger partial charge on any atom is -0.355 e. The number of amides is 1. The van der Waals surface area contributed by atoms with E-state index in [0.29, 0.717) is 25.4 Å². The van der Waals surface area contributed by atoms with E-state index in [4.69, 9.17) is 4.52 Å². The molecule has 1 amide bonds. The number of halogens is 1. The zero-order valence-electron chi connectivity index (χ0n) is 15.9. The number of aromatic nitrogens is 2. The summed E-state index contributed by atoms with van der Waals surface area (Å²) < 4.78 is 18.3. The molecule has 1 aliphatic heterocycles. The van der Waals surface area contributed by atoms with E-state index in [1.54, 1.807) is 12.1 Å². The van der Waals surface area contributed by atoms with Crippen LogP contribution in [0.2, 0.25) is 0 Å². The molecule has 0 saturated carbocycles. The van der Waals surface area contributed by atoms with Crippen molar-refractivity contribution in [1.82, 2.24) is 20.4 Å². The van der Waals surface area contributed by atoms with Crippen molar-refractivity contribution in [2.24, 2.45) is 0 Å². The monoisotopic (exact) mass is 374 g/mol. The third-order valence-corrected chi connectivity index (χ3v) is 4.84. The Labute approximate surface area is 159 Å². The minimum absolute atomic E-state index is 0.00570. The summed E-state index contributed by atoms with van der Waals surface area (Å²) in [4.78, 5) is 18.9. The Morgan fingerprint density at radius 1 is 1.37 bits per heavy atom. The molecule has 2 aromatic rings. The van der Waals surface area contributed by atoms with Crippen LogP contribution in [0, 0.1) is 5.82 Å². The molecule has 6 nitrogen and oxygen atoms in total. The number of carbonyl (C=O) groups excluding carboxylic acids is 1. The van der Waals surface area contributed by atoms with Gasteiger partial charge in [-0.3, -0.25) is 9.69 Å². The maximum atomic E-state index is 12.9. The summed E-state index contributed by atoms with van der Waals surface area (Å²) in [5.41, 5.74) is 1.01. The highest BCUT2D eigenvalue weighted by Crippen LogP contribution is 2.26. The zero-order valence-corrected chi connectivity index (χ0v) is 15.9. The van der Waals surface area contributed by atoms with Crippen molar-refractivity contribution in [2.75, 3.05) is 26.2 Å². The van der Waals surface area contributed by atoms with Gasteiger partial charge in [0.25, 0.3) is 0 Å². The van der Waals surface area contributed by atoms with Crippen molar-refractivity contribution in [3.05, 3.63) is 47.4 Å². The van der Waals surface area contributed by atoms with Crippen LogP contribution in [-0.4, -0.2) is 47.1 Å². The Morgan fingerprint density at radius 2 is 2.15 bits per heavy atom. The van der Waals surface area contributed by atoms with Crippen LogP contribution in [0.25, 0.3) is 0 Å². The Hall–Kier alpha value is -2.28. The lowest BCUT2D eigenvalue weighted by atomic mass is 9.98. The van der Waals surface area contributed by atoms with Gasteiger partial charge in [0.15, 0.2) is 5.82 Å². The largest absolute Gasteiger partial charge is 0.355 e. The number of hydrogen-bond donors (Lipinski definition) is 1. The Bertz CT molecular complexity index is 745. The van der Waals surface area contributed by atoms with Crippen LogP contribution in [0.5, 0.6) is 0 Å². The molecule has 1 N–H and O–H groups in total. The standard InChI is InChI=1S/C20H27FN4O2/c1-14(2)19-23-20(27-24-19)16-4-3-11-25(12-16)13-18(26)22-10-9-15-5-7-17(21)8-6-15/h5-8,14,16H,3-4,9-13H2,1-2H3,(H,22,26)/t16-/m1/s1. The molecule has 1 aromatic heterocycles. The summed E-state index contributed by atoms with van der Waals surface area (Å²) in [5, 5.41) is 6.99. The van der Waals surface area contributed by atoms with Crippen LogP contribution in [0.15, 0.2) is 28.8 Å². The quantitative estimate of drug-likeness (QED) is 0.807. The van der Waals surface area contributed by atoms with E-state index < -0.39 is 0 Å². The molecule has 2 heterocycles. The highest BCUT2D eigenvalue weighted by molar-refractivity contribution is 5.78. The molecule has 0 spiro atoms. The van der Waals surface area contributed by atoms with Gasteiger partial charge in [0.05, 0.1) is 12.5 Å². The van der Waals surface area contributed by atoms with Crippen LogP contribution in [0.1, 0.15) is 55.8 Å². The van der Waals surface area contributed by atoms with Gasteiger partial charge in [-0.05, 0) is 43.5 Å². The molecule has 0 bridgehead atoms. The lowest BCUT2D eigenvalue weighted by Crippen LogP contribution is -2.42. The summed E-state index contributed by atoms with van der Waals surface area (Å²) >= 11 is 0. The van der Waals surface area contributed by atoms with Crippen molar-refractivity contribution < 1.29 is 13.7 Å². The lowest BCUT2D eigenvalue weighted by molar-refractivity contribution is -0.122. The molecule has 7 heteroatoms. The van der Waals surface area contributed by atoms with E-state index in [0.717, 1.165) is 37.3 Å². The average Bonchev–Trinajstić information content (AvgIpc) is 3.14. The van der Waals surface area contributed by atoms with Gasteiger partial charge in [0.1, 0.15) is 5.82 Å². The number of benzene rings is 1.